The summed E-state index contributed by atoms with van der Waals surface area (Å²) >= 11 is 0. The van der Waals surface area contributed by atoms with Crippen molar-refractivity contribution in [2.45, 2.75) is 18.8 Å². The molecular weight excluding hydrogens is 186 g/mol. The number of nitrogens with zero attached hydrogens (tertiary/aromatic N) is 2. The monoisotopic (exact) mass is 203 g/mol. The zero-order valence-electron chi connectivity index (χ0n) is 9.06. The minimum Gasteiger partial charge on any atom is -0.330 e. The summed E-state index contributed by atoms with van der Waals surface area (Å²) in [5, 5.41) is 4.46. The molecule has 2 aliphatic rings. The first-order chi connectivity index (χ1) is 7.29. The van der Waals surface area contributed by atoms with Crippen LogP contribution < -0.4 is 5.73 Å². The van der Waals surface area contributed by atoms with E-state index in [1.807, 2.05) is 11.7 Å². The Morgan fingerprint density at radius 1 is 1.60 bits per heavy atom. The minimum absolute atomic E-state index is 0.673. The fraction of sp³-hybridized carbons (Fsp3) is 0.583. The summed E-state index contributed by atoms with van der Waals surface area (Å²) < 4.78 is 1.92. The summed E-state index contributed by atoms with van der Waals surface area (Å²) in [7, 11) is 2.00. The number of aromatic nitrogens is 2. The first kappa shape index (κ1) is 9.16. The van der Waals surface area contributed by atoms with Crippen LogP contribution in [0.3, 0.4) is 0 Å². The van der Waals surface area contributed by atoms with Gasteiger partial charge in [0.25, 0.3) is 0 Å². The van der Waals surface area contributed by atoms with Gasteiger partial charge in [0.05, 0.1) is 5.69 Å². The van der Waals surface area contributed by atoms with Crippen LogP contribution in [0.4, 0.5) is 0 Å². The standard InChI is InChI=1S/C12H17N3/c1-15-7-11-9(10-5-8(10)6-13)3-2-4-12(11)14-15/h2,4,7-10H,3,5-6,13H2,1H3/t8-,9?,10+/m0/s1. The van der Waals surface area contributed by atoms with Gasteiger partial charge >= 0.3 is 0 Å². The van der Waals surface area contributed by atoms with E-state index in [9.17, 15) is 0 Å². The molecule has 0 aromatic carbocycles. The maximum Gasteiger partial charge on any atom is 0.0882 e. The zero-order chi connectivity index (χ0) is 10.4. The van der Waals surface area contributed by atoms with Crippen LogP contribution in [0.2, 0.25) is 0 Å². The van der Waals surface area contributed by atoms with Gasteiger partial charge in [-0.1, -0.05) is 6.08 Å². The average molecular weight is 203 g/mol. The molecule has 1 fully saturated rings. The van der Waals surface area contributed by atoms with Crippen molar-refractivity contribution in [2.75, 3.05) is 6.54 Å². The Morgan fingerprint density at radius 2 is 2.47 bits per heavy atom. The molecule has 1 unspecified atom stereocenters. The Bertz CT molecular complexity index is 405. The molecule has 0 bridgehead atoms. The molecule has 80 valence electrons. The lowest BCUT2D eigenvalue weighted by molar-refractivity contribution is 0.561. The molecular formula is C12H17N3. The second-order valence-corrected chi connectivity index (χ2v) is 4.78. The highest BCUT2D eigenvalue weighted by Crippen LogP contribution is 2.51. The number of fused-ring (bicyclic) bond motifs is 1. The van der Waals surface area contributed by atoms with Gasteiger partial charge in [-0.3, -0.25) is 4.68 Å². The van der Waals surface area contributed by atoms with Crippen molar-refractivity contribution < 1.29 is 0 Å². The molecule has 1 aromatic heterocycles. The summed E-state index contributed by atoms with van der Waals surface area (Å²) in [4.78, 5) is 0. The fourth-order valence-electron chi connectivity index (χ4n) is 2.83. The van der Waals surface area contributed by atoms with Crippen LogP contribution in [0.1, 0.15) is 30.0 Å². The Morgan fingerprint density at radius 3 is 3.20 bits per heavy atom. The smallest absolute Gasteiger partial charge is 0.0882 e. The first-order valence-electron chi connectivity index (χ1n) is 5.69. The van der Waals surface area contributed by atoms with E-state index in [-0.39, 0.29) is 0 Å². The Kier molecular flexibility index (Phi) is 1.96. The summed E-state index contributed by atoms with van der Waals surface area (Å²) in [6.07, 6.45) is 9.05. The molecule has 0 radical (unpaired) electrons. The average Bonchev–Trinajstić information content (AvgIpc) is 2.91. The van der Waals surface area contributed by atoms with Crippen molar-refractivity contribution in [3.05, 3.63) is 23.5 Å². The quantitative estimate of drug-likeness (QED) is 0.792. The second-order valence-electron chi connectivity index (χ2n) is 4.78. The summed E-state index contributed by atoms with van der Waals surface area (Å²) in [5.74, 6) is 2.24. The predicted octanol–water partition coefficient (Wildman–Crippen LogP) is 1.52. The highest BCUT2D eigenvalue weighted by molar-refractivity contribution is 5.53. The van der Waals surface area contributed by atoms with Crippen LogP contribution in [-0.2, 0) is 7.05 Å². The van der Waals surface area contributed by atoms with Crippen molar-refractivity contribution in [1.82, 2.24) is 9.78 Å². The van der Waals surface area contributed by atoms with Crippen LogP contribution in [0, 0.1) is 11.8 Å². The minimum atomic E-state index is 0.673. The second kappa shape index (κ2) is 3.20. The maximum atomic E-state index is 5.72. The molecule has 3 nitrogen and oxygen atoms in total. The lowest BCUT2D eigenvalue weighted by Crippen LogP contribution is -2.09. The third-order valence-electron chi connectivity index (χ3n) is 3.75. The zero-order valence-corrected chi connectivity index (χ0v) is 9.06. The van der Waals surface area contributed by atoms with Gasteiger partial charge in [-0.15, -0.1) is 0 Å². The van der Waals surface area contributed by atoms with Crippen LogP contribution >= 0.6 is 0 Å². The van der Waals surface area contributed by atoms with E-state index in [2.05, 4.69) is 23.4 Å². The van der Waals surface area contributed by atoms with E-state index < -0.39 is 0 Å². The Hall–Kier alpha value is -1.09. The predicted molar refractivity (Wildman–Crippen MR) is 60.3 cm³/mol. The molecule has 0 saturated heterocycles. The van der Waals surface area contributed by atoms with E-state index >= 15 is 0 Å². The van der Waals surface area contributed by atoms with Crippen molar-refractivity contribution in [1.29, 1.82) is 0 Å². The normalized spacial score (nSPS) is 32.8. The molecule has 1 heterocycles. The third-order valence-corrected chi connectivity index (χ3v) is 3.75. The van der Waals surface area contributed by atoms with Gasteiger partial charge in [0.2, 0.25) is 0 Å². The van der Waals surface area contributed by atoms with Crippen LogP contribution in [0.5, 0.6) is 0 Å². The lowest BCUT2D eigenvalue weighted by atomic mass is 9.87. The van der Waals surface area contributed by atoms with Gasteiger partial charge < -0.3 is 5.73 Å². The molecule has 3 heteroatoms. The van der Waals surface area contributed by atoms with Gasteiger partial charge in [-0.25, -0.2) is 0 Å². The van der Waals surface area contributed by atoms with E-state index in [1.54, 1.807) is 0 Å². The number of nitrogens with two attached hydrogens (primary N) is 1. The topological polar surface area (TPSA) is 43.8 Å². The number of rotatable bonds is 2. The summed E-state index contributed by atoms with van der Waals surface area (Å²) in [6.45, 7) is 0.848. The SMILES string of the molecule is Cn1cc2c(n1)C=CCC2[C@@H]1C[C@H]1CN. The maximum absolute atomic E-state index is 5.72. The van der Waals surface area contributed by atoms with E-state index in [0.29, 0.717) is 5.92 Å². The van der Waals surface area contributed by atoms with Gasteiger partial charge in [0, 0.05) is 18.8 Å². The molecule has 1 saturated carbocycles. The summed E-state index contributed by atoms with van der Waals surface area (Å²) in [6, 6.07) is 0. The van der Waals surface area contributed by atoms with Gasteiger partial charge in [0.15, 0.2) is 0 Å². The fourth-order valence-corrected chi connectivity index (χ4v) is 2.83. The molecule has 2 aliphatic carbocycles. The third kappa shape index (κ3) is 1.42. The molecule has 0 spiro atoms. The highest BCUT2D eigenvalue weighted by atomic mass is 15.2. The summed E-state index contributed by atoms with van der Waals surface area (Å²) in [5.41, 5.74) is 8.31. The van der Waals surface area contributed by atoms with Crippen molar-refractivity contribution >= 4 is 6.08 Å². The Labute approximate surface area is 90.0 Å². The number of allylic oxidation sites excluding steroid dienone is 1. The van der Waals surface area contributed by atoms with Crippen LogP contribution in [0.25, 0.3) is 6.08 Å². The molecule has 0 aliphatic heterocycles. The van der Waals surface area contributed by atoms with Crippen molar-refractivity contribution in [2.24, 2.45) is 24.6 Å². The molecule has 2 N–H and O–H groups in total. The first-order valence-corrected chi connectivity index (χ1v) is 5.69. The molecule has 3 rings (SSSR count). The van der Waals surface area contributed by atoms with Crippen LogP contribution in [0.15, 0.2) is 12.3 Å². The Balaban J connectivity index is 1.90. The van der Waals surface area contributed by atoms with Crippen LogP contribution in [-0.4, -0.2) is 16.3 Å². The van der Waals surface area contributed by atoms with Crippen molar-refractivity contribution in [3.8, 4) is 0 Å². The number of hydrogen-bond acceptors (Lipinski definition) is 2. The van der Waals surface area contributed by atoms with Gasteiger partial charge in [-0.2, -0.15) is 5.10 Å². The van der Waals surface area contributed by atoms with Gasteiger partial charge in [0.1, 0.15) is 0 Å². The van der Waals surface area contributed by atoms with E-state index in [0.717, 1.165) is 24.1 Å². The molecule has 0 amide bonds. The molecule has 1 aromatic rings. The highest BCUT2D eigenvalue weighted by Gasteiger charge is 2.43. The largest absolute Gasteiger partial charge is 0.330 e. The molecule has 3 atom stereocenters. The van der Waals surface area contributed by atoms with Crippen molar-refractivity contribution in [3.63, 3.8) is 0 Å². The van der Waals surface area contributed by atoms with Gasteiger partial charge in [-0.05, 0) is 43.2 Å². The van der Waals surface area contributed by atoms with E-state index in [1.165, 1.54) is 18.4 Å². The molecule has 15 heavy (non-hydrogen) atoms. The lowest BCUT2D eigenvalue weighted by Gasteiger charge is -2.17. The number of hydrogen-bond donors (Lipinski definition) is 1. The van der Waals surface area contributed by atoms with E-state index in [4.69, 9.17) is 5.73 Å². The number of aryl methyl sites for hydroxylation is 1.